The van der Waals surface area contributed by atoms with Gasteiger partial charge in [-0.05, 0) is 35.6 Å². The van der Waals surface area contributed by atoms with E-state index in [1.165, 1.54) is 11.3 Å². The van der Waals surface area contributed by atoms with Crippen LogP contribution < -0.4 is 10.6 Å². The highest BCUT2D eigenvalue weighted by Crippen LogP contribution is 2.44. The number of aliphatic carboxylic acids is 1. The lowest BCUT2D eigenvalue weighted by atomic mass is 9.98. The number of nitrogens with one attached hydrogen (secondary N) is 2. The first-order chi connectivity index (χ1) is 16.4. The Kier molecular flexibility index (Phi) is 7.17. The van der Waals surface area contributed by atoms with Gasteiger partial charge in [0, 0.05) is 12.3 Å². The number of aryl methyl sites for hydroxylation is 1. The van der Waals surface area contributed by atoms with Crippen LogP contribution in [0.1, 0.15) is 39.9 Å². The Morgan fingerprint density at radius 2 is 1.71 bits per heavy atom. The maximum absolute atomic E-state index is 12.6. The zero-order valence-corrected chi connectivity index (χ0v) is 19.3. The molecule has 3 N–H and O–H groups in total. The van der Waals surface area contributed by atoms with Gasteiger partial charge < -0.3 is 20.5 Å². The molecule has 0 radical (unpaired) electrons. The fraction of sp³-hybridized carbons (Fsp3) is 0.292. The molecular formula is C24H24N4O5S. The molecule has 2 amide bonds. The molecule has 2 aromatic carbocycles. The van der Waals surface area contributed by atoms with E-state index in [1.54, 1.807) is 6.92 Å². The Labute approximate surface area is 200 Å². The van der Waals surface area contributed by atoms with Crippen molar-refractivity contribution in [3.63, 3.8) is 0 Å². The number of carboxylic acid groups (broad SMARTS) is 1. The number of alkyl carbamates (subject to hydrolysis) is 1. The molecule has 3 aromatic rings. The summed E-state index contributed by atoms with van der Waals surface area (Å²) in [7, 11) is 0. The second kappa shape index (κ2) is 10.4. The lowest BCUT2D eigenvalue weighted by Crippen LogP contribution is -2.47. The number of ether oxygens (including phenoxy) is 1. The summed E-state index contributed by atoms with van der Waals surface area (Å²) in [5, 5.41) is 23.4. The zero-order valence-electron chi connectivity index (χ0n) is 18.5. The van der Waals surface area contributed by atoms with Crippen LogP contribution in [-0.4, -0.2) is 45.9 Å². The average Bonchev–Trinajstić information content (AvgIpc) is 3.39. The van der Waals surface area contributed by atoms with Gasteiger partial charge >= 0.3 is 12.1 Å². The van der Waals surface area contributed by atoms with Crippen molar-refractivity contribution in [3.05, 3.63) is 69.7 Å². The van der Waals surface area contributed by atoms with Gasteiger partial charge in [0.25, 0.3) is 0 Å². The van der Waals surface area contributed by atoms with Gasteiger partial charge in [-0.3, -0.25) is 9.59 Å². The minimum absolute atomic E-state index is 0.0689. The molecular weight excluding hydrogens is 456 g/mol. The standard InChI is InChI=1S/C24H24N4O5S/c1-14-27-28-21(34-14)12-25-23(31)20(10-11-22(29)30)26-24(32)33-13-19-17-8-4-2-6-15(17)16-7-3-5-9-18(16)19/h2-9,19-20H,10-13H2,1H3,(H,25,31)(H,26,32)(H,29,30). The van der Waals surface area contributed by atoms with Crippen LogP contribution in [0.3, 0.4) is 0 Å². The highest BCUT2D eigenvalue weighted by atomic mass is 32.1. The molecule has 0 aliphatic heterocycles. The number of hydrogen-bond acceptors (Lipinski definition) is 7. The molecule has 10 heteroatoms. The summed E-state index contributed by atoms with van der Waals surface area (Å²) in [6.07, 6.45) is -1.13. The Bertz CT molecular complexity index is 1170. The van der Waals surface area contributed by atoms with E-state index in [-0.39, 0.29) is 31.9 Å². The maximum Gasteiger partial charge on any atom is 0.407 e. The third kappa shape index (κ3) is 5.40. The van der Waals surface area contributed by atoms with Gasteiger partial charge in [-0.2, -0.15) is 0 Å². The summed E-state index contributed by atoms with van der Waals surface area (Å²) in [5.74, 6) is -1.69. The van der Waals surface area contributed by atoms with Gasteiger partial charge in [0.2, 0.25) is 5.91 Å². The van der Waals surface area contributed by atoms with Crippen LogP contribution in [0.4, 0.5) is 4.79 Å². The highest BCUT2D eigenvalue weighted by Gasteiger charge is 2.30. The molecule has 9 nitrogen and oxygen atoms in total. The largest absolute Gasteiger partial charge is 0.481 e. The second-order valence-corrected chi connectivity index (χ2v) is 9.15. The molecule has 0 saturated heterocycles. The fourth-order valence-electron chi connectivity index (χ4n) is 4.01. The number of hydrogen-bond donors (Lipinski definition) is 3. The number of carbonyl (C=O) groups excluding carboxylic acids is 2. The highest BCUT2D eigenvalue weighted by molar-refractivity contribution is 7.11. The van der Waals surface area contributed by atoms with Gasteiger partial charge in [-0.1, -0.05) is 59.9 Å². The van der Waals surface area contributed by atoms with E-state index < -0.39 is 24.0 Å². The number of nitrogens with zero attached hydrogens (tertiary/aromatic N) is 2. The summed E-state index contributed by atoms with van der Waals surface area (Å²) < 4.78 is 5.50. The Hall–Kier alpha value is -3.79. The lowest BCUT2D eigenvalue weighted by molar-refractivity contribution is -0.137. The van der Waals surface area contributed by atoms with Crippen molar-refractivity contribution in [1.29, 1.82) is 0 Å². The first-order valence-electron chi connectivity index (χ1n) is 10.8. The summed E-state index contributed by atoms with van der Waals surface area (Å²) in [6, 6.07) is 14.9. The van der Waals surface area contributed by atoms with E-state index >= 15 is 0 Å². The number of carbonyl (C=O) groups is 3. The quantitative estimate of drug-likeness (QED) is 0.429. The topological polar surface area (TPSA) is 131 Å². The summed E-state index contributed by atoms with van der Waals surface area (Å²) in [6.45, 7) is 2.04. The molecule has 1 unspecified atom stereocenters. The van der Waals surface area contributed by atoms with Crippen molar-refractivity contribution in [3.8, 4) is 11.1 Å². The van der Waals surface area contributed by atoms with Crippen molar-refractivity contribution in [2.75, 3.05) is 6.61 Å². The van der Waals surface area contributed by atoms with E-state index in [9.17, 15) is 14.4 Å². The third-order valence-electron chi connectivity index (χ3n) is 5.58. The molecule has 34 heavy (non-hydrogen) atoms. The van der Waals surface area contributed by atoms with Gasteiger partial charge in [0.1, 0.15) is 22.7 Å². The summed E-state index contributed by atoms with van der Waals surface area (Å²) in [5.41, 5.74) is 4.36. The molecule has 1 heterocycles. The van der Waals surface area contributed by atoms with Crippen molar-refractivity contribution in [2.45, 2.75) is 38.3 Å². The van der Waals surface area contributed by atoms with Crippen LogP contribution in [0.2, 0.25) is 0 Å². The van der Waals surface area contributed by atoms with Crippen LogP contribution in [0, 0.1) is 6.92 Å². The third-order valence-corrected chi connectivity index (χ3v) is 6.42. The van der Waals surface area contributed by atoms with Crippen molar-refractivity contribution in [2.24, 2.45) is 0 Å². The average molecular weight is 481 g/mol. The molecule has 0 bridgehead atoms. The van der Waals surface area contributed by atoms with E-state index in [0.717, 1.165) is 27.3 Å². The molecule has 1 aliphatic carbocycles. The zero-order chi connectivity index (χ0) is 24.1. The molecule has 0 fully saturated rings. The lowest BCUT2D eigenvalue weighted by Gasteiger charge is -2.19. The Morgan fingerprint density at radius 3 is 2.29 bits per heavy atom. The molecule has 1 aliphatic rings. The fourth-order valence-corrected chi connectivity index (χ4v) is 4.66. The predicted molar refractivity (Wildman–Crippen MR) is 125 cm³/mol. The van der Waals surface area contributed by atoms with Crippen molar-refractivity contribution >= 4 is 29.3 Å². The van der Waals surface area contributed by atoms with Crippen LogP contribution in [-0.2, 0) is 20.9 Å². The summed E-state index contributed by atoms with van der Waals surface area (Å²) >= 11 is 1.34. The number of fused-ring (bicyclic) bond motifs is 3. The first-order valence-corrected chi connectivity index (χ1v) is 11.6. The van der Waals surface area contributed by atoms with Crippen molar-refractivity contribution < 1.29 is 24.2 Å². The molecule has 4 rings (SSSR count). The number of carboxylic acids is 1. The molecule has 1 aromatic heterocycles. The maximum atomic E-state index is 12.6. The molecule has 0 saturated carbocycles. The SMILES string of the molecule is Cc1nnc(CNC(=O)C(CCC(=O)O)NC(=O)OCC2c3ccccc3-c3ccccc32)s1. The monoisotopic (exact) mass is 480 g/mol. The minimum Gasteiger partial charge on any atom is -0.481 e. The van der Waals surface area contributed by atoms with Crippen LogP contribution in [0.25, 0.3) is 11.1 Å². The van der Waals surface area contributed by atoms with E-state index in [0.29, 0.717) is 5.01 Å². The van der Waals surface area contributed by atoms with Gasteiger partial charge in [-0.25, -0.2) is 4.79 Å². The second-order valence-electron chi connectivity index (χ2n) is 7.89. The van der Waals surface area contributed by atoms with Crippen molar-refractivity contribution in [1.82, 2.24) is 20.8 Å². The Balaban J connectivity index is 1.38. The van der Waals surface area contributed by atoms with Gasteiger partial charge in [0.15, 0.2) is 0 Å². The van der Waals surface area contributed by atoms with Crippen LogP contribution in [0.5, 0.6) is 0 Å². The van der Waals surface area contributed by atoms with E-state index in [2.05, 4.69) is 20.8 Å². The molecule has 0 spiro atoms. The smallest absolute Gasteiger partial charge is 0.407 e. The van der Waals surface area contributed by atoms with Crippen LogP contribution in [0.15, 0.2) is 48.5 Å². The van der Waals surface area contributed by atoms with E-state index in [4.69, 9.17) is 9.84 Å². The number of benzene rings is 2. The first kappa shape index (κ1) is 23.4. The van der Waals surface area contributed by atoms with Gasteiger partial charge in [0.05, 0.1) is 6.54 Å². The normalized spacial score (nSPS) is 13.0. The number of aromatic nitrogens is 2. The van der Waals surface area contributed by atoms with E-state index in [1.807, 2.05) is 48.5 Å². The predicted octanol–water partition coefficient (Wildman–Crippen LogP) is 3.23. The molecule has 176 valence electrons. The Morgan fingerprint density at radius 1 is 1.06 bits per heavy atom. The number of amides is 2. The van der Waals surface area contributed by atoms with Gasteiger partial charge in [-0.15, -0.1) is 10.2 Å². The van der Waals surface area contributed by atoms with Crippen LogP contribution >= 0.6 is 11.3 Å². The molecule has 1 atom stereocenters. The minimum atomic E-state index is -1.06. The summed E-state index contributed by atoms with van der Waals surface area (Å²) in [4.78, 5) is 36.3. The number of rotatable bonds is 9.